The van der Waals surface area contributed by atoms with Crippen LogP contribution in [0, 0.1) is 0 Å². The van der Waals surface area contributed by atoms with E-state index in [2.05, 4.69) is 15.3 Å². The zero-order valence-electron chi connectivity index (χ0n) is 12.0. The van der Waals surface area contributed by atoms with Crippen LogP contribution in [0.5, 0.6) is 5.88 Å². The first-order chi connectivity index (χ1) is 9.26. The van der Waals surface area contributed by atoms with Crippen molar-refractivity contribution in [3.05, 3.63) is 23.9 Å². The van der Waals surface area contributed by atoms with Gasteiger partial charge in [0.25, 0.3) is 0 Å². The average Bonchev–Trinajstić information content (AvgIpc) is 2.45. The third-order valence-electron chi connectivity index (χ3n) is 2.41. The van der Waals surface area contributed by atoms with Crippen molar-refractivity contribution in [2.45, 2.75) is 19.9 Å². The smallest absolute Gasteiger partial charge is 0.212 e. The van der Waals surface area contributed by atoms with E-state index in [4.69, 9.17) is 15.2 Å². The Morgan fingerprint density at radius 3 is 2.85 bits per heavy atom. The average molecular weight is 394 g/mol. The van der Waals surface area contributed by atoms with E-state index < -0.39 is 0 Å². The molecule has 6 nitrogen and oxygen atoms in total. The van der Waals surface area contributed by atoms with Crippen molar-refractivity contribution in [3.63, 3.8) is 0 Å². The molecule has 0 amide bonds. The van der Waals surface area contributed by atoms with Gasteiger partial charge in [-0.3, -0.25) is 0 Å². The highest BCUT2D eigenvalue weighted by molar-refractivity contribution is 14.0. The first-order valence-electron chi connectivity index (χ1n) is 6.36. The van der Waals surface area contributed by atoms with Gasteiger partial charge in [-0.1, -0.05) is 6.07 Å². The van der Waals surface area contributed by atoms with Gasteiger partial charge in [-0.05, 0) is 18.9 Å². The molecular formula is C13H23IN4O2. The molecule has 0 aliphatic rings. The van der Waals surface area contributed by atoms with Gasteiger partial charge in [0.15, 0.2) is 5.96 Å². The quantitative estimate of drug-likeness (QED) is 0.303. The van der Waals surface area contributed by atoms with Crippen molar-refractivity contribution in [1.29, 1.82) is 0 Å². The molecule has 1 aromatic heterocycles. The number of halogens is 1. The van der Waals surface area contributed by atoms with Gasteiger partial charge in [0.2, 0.25) is 5.88 Å². The summed E-state index contributed by atoms with van der Waals surface area (Å²) < 4.78 is 10.2. The molecule has 7 heteroatoms. The van der Waals surface area contributed by atoms with Crippen LogP contribution in [0.2, 0.25) is 0 Å². The van der Waals surface area contributed by atoms with Crippen LogP contribution in [0.3, 0.4) is 0 Å². The molecule has 0 atom stereocenters. The summed E-state index contributed by atoms with van der Waals surface area (Å²) in [5, 5.41) is 3.04. The topological polar surface area (TPSA) is 81.8 Å². The van der Waals surface area contributed by atoms with Crippen LogP contribution in [-0.2, 0) is 11.3 Å². The molecule has 0 aromatic carbocycles. The number of aliphatic imine (C=N–C) groups is 1. The number of hydrogen-bond donors (Lipinski definition) is 2. The Morgan fingerprint density at radius 2 is 2.25 bits per heavy atom. The Morgan fingerprint density at radius 1 is 1.45 bits per heavy atom. The Bertz CT molecular complexity index is 384. The summed E-state index contributed by atoms with van der Waals surface area (Å²) in [6, 6.07) is 3.72. The van der Waals surface area contributed by atoms with Crippen LogP contribution in [0.15, 0.2) is 23.3 Å². The van der Waals surface area contributed by atoms with E-state index in [1.807, 2.05) is 13.0 Å². The van der Waals surface area contributed by atoms with E-state index in [0.29, 0.717) is 18.4 Å². The summed E-state index contributed by atoms with van der Waals surface area (Å²) in [4.78, 5) is 8.33. The van der Waals surface area contributed by atoms with Gasteiger partial charge in [0, 0.05) is 32.0 Å². The number of nitrogens with zero attached hydrogens (tertiary/aromatic N) is 2. The molecule has 114 valence electrons. The fourth-order valence-electron chi connectivity index (χ4n) is 1.39. The highest BCUT2D eigenvalue weighted by Crippen LogP contribution is 2.07. The minimum atomic E-state index is 0. The lowest BCUT2D eigenvalue weighted by Crippen LogP contribution is -2.32. The Labute approximate surface area is 137 Å². The molecule has 20 heavy (non-hydrogen) atoms. The molecule has 0 unspecified atom stereocenters. The van der Waals surface area contributed by atoms with Crippen LogP contribution in [0.25, 0.3) is 0 Å². The number of nitrogens with one attached hydrogen (secondary N) is 1. The SMILES string of the molecule is CCOCCCNC(N)=NCc1ccc(OC)nc1.I. The molecule has 1 aromatic rings. The summed E-state index contributed by atoms with van der Waals surface area (Å²) in [6.45, 7) is 4.72. The Kier molecular flexibility index (Phi) is 11.1. The maximum atomic E-state index is 5.75. The normalized spacial score (nSPS) is 10.8. The maximum absolute atomic E-state index is 5.75. The van der Waals surface area contributed by atoms with Gasteiger partial charge in [-0.25, -0.2) is 9.98 Å². The number of rotatable bonds is 8. The molecule has 1 rings (SSSR count). The molecule has 0 fully saturated rings. The second-order valence-electron chi connectivity index (χ2n) is 3.89. The van der Waals surface area contributed by atoms with Crippen LogP contribution < -0.4 is 15.8 Å². The number of pyridine rings is 1. The predicted molar refractivity (Wildman–Crippen MR) is 90.6 cm³/mol. The summed E-state index contributed by atoms with van der Waals surface area (Å²) >= 11 is 0. The molecule has 0 saturated heterocycles. The fraction of sp³-hybridized carbons (Fsp3) is 0.538. The minimum absolute atomic E-state index is 0. The first kappa shape index (κ1) is 18.9. The molecule has 0 spiro atoms. The zero-order valence-corrected chi connectivity index (χ0v) is 14.3. The van der Waals surface area contributed by atoms with Crippen LogP contribution in [0.4, 0.5) is 0 Å². The van der Waals surface area contributed by atoms with Crippen molar-refractivity contribution in [1.82, 2.24) is 10.3 Å². The predicted octanol–water partition coefficient (Wildman–Crippen LogP) is 1.54. The monoisotopic (exact) mass is 394 g/mol. The van der Waals surface area contributed by atoms with Crippen LogP contribution >= 0.6 is 24.0 Å². The van der Waals surface area contributed by atoms with Gasteiger partial charge in [-0.15, -0.1) is 24.0 Å². The second-order valence-corrected chi connectivity index (χ2v) is 3.89. The number of ether oxygens (including phenoxy) is 2. The molecule has 0 radical (unpaired) electrons. The molecule has 3 N–H and O–H groups in total. The van der Waals surface area contributed by atoms with E-state index >= 15 is 0 Å². The lowest BCUT2D eigenvalue weighted by atomic mass is 10.3. The highest BCUT2D eigenvalue weighted by Gasteiger charge is 1.96. The molecular weight excluding hydrogens is 371 g/mol. The Hall–Kier alpha value is -1.09. The number of nitrogens with two attached hydrogens (primary N) is 1. The number of hydrogen-bond acceptors (Lipinski definition) is 4. The van der Waals surface area contributed by atoms with Crippen molar-refractivity contribution < 1.29 is 9.47 Å². The first-order valence-corrected chi connectivity index (χ1v) is 6.36. The summed E-state index contributed by atoms with van der Waals surface area (Å²) in [5.74, 6) is 1.03. The van der Waals surface area contributed by atoms with Gasteiger partial charge < -0.3 is 20.5 Å². The largest absolute Gasteiger partial charge is 0.481 e. The Balaban J connectivity index is 0.00000361. The van der Waals surface area contributed by atoms with E-state index in [-0.39, 0.29) is 24.0 Å². The lowest BCUT2D eigenvalue weighted by Gasteiger charge is -2.05. The highest BCUT2D eigenvalue weighted by atomic mass is 127. The van der Waals surface area contributed by atoms with E-state index in [9.17, 15) is 0 Å². The van der Waals surface area contributed by atoms with Crippen LogP contribution in [-0.4, -0.2) is 37.8 Å². The van der Waals surface area contributed by atoms with Crippen LogP contribution in [0.1, 0.15) is 18.9 Å². The molecule has 1 heterocycles. The van der Waals surface area contributed by atoms with Crippen molar-refractivity contribution in [2.24, 2.45) is 10.7 Å². The van der Waals surface area contributed by atoms with Gasteiger partial charge in [0.05, 0.1) is 13.7 Å². The van der Waals surface area contributed by atoms with E-state index in [1.54, 1.807) is 19.4 Å². The van der Waals surface area contributed by atoms with Crippen molar-refractivity contribution in [2.75, 3.05) is 26.9 Å². The number of methoxy groups -OCH3 is 1. The van der Waals surface area contributed by atoms with Gasteiger partial charge >= 0.3 is 0 Å². The minimum Gasteiger partial charge on any atom is -0.481 e. The fourth-order valence-corrected chi connectivity index (χ4v) is 1.39. The summed E-state index contributed by atoms with van der Waals surface area (Å²) in [5.41, 5.74) is 6.73. The van der Waals surface area contributed by atoms with Gasteiger partial charge in [0.1, 0.15) is 0 Å². The third kappa shape index (κ3) is 8.16. The summed E-state index contributed by atoms with van der Waals surface area (Å²) in [7, 11) is 1.59. The molecule has 0 aliphatic carbocycles. The molecule has 0 aliphatic heterocycles. The zero-order chi connectivity index (χ0) is 13.9. The standard InChI is InChI=1S/C13H22N4O2.HI/c1-3-19-8-4-7-15-13(14)17-10-11-5-6-12(18-2)16-9-11;/h5-6,9H,3-4,7-8,10H2,1-2H3,(H3,14,15,17);1H. The van der Waals surface area contributed by atoms with E-state index in [0.717, 1.165) is 31.7 Å². The van der Waals surface area contributed by atoms with Gasteiger partial charge in [-0.2, -0.15) is 0 Å². The van der Waals surface area contributed by atoms with Crippen molar-refractivity contribution >= 4 is 29.9 Å². The number of guanidine groups is 1. The van der Waals surface area contributed by atoms with Crippen molar-refractivity contribution in [3.8, 4) is 5.88 Å². The summed E-state index contributed by atoms with van der Waals surface area (Å²) in [6.07, 6.45) is 2.64. The number of aromatic nitrogens is 1. The van der Waals surface area contributed by atoms with E-state index in [1.165, 1.54) is 0 Å². The second kappa shape index (κ2) is 11.7. The molecule has 0 bridgehead atoms. The lowest BCUT2D eigenvalue weighted by molar-refractivity contribution is 0.145. The third-order valence-corrected chi connectivity index (χ3v) is 2.41. The maximum Gasteiger partial charge on any atom is 0.212 e. The molecule has 0 saturated carbocycles.